The van der Waals surface area contributed by atoms with Gasteiger partial charge in [-0.3, -0.25) is 0 Å². The Balaban J connectivity index is 1.30. The van der Waals surface area contributed by atoms with Crippen LogP contribution in [-0.2, 0) is 38.0 Å². The molecule has 0 amide bonds. The van der Waals surface area contributed by atoms with Crippen LogP contribution >= 0.6 is 11.6 Å². The molecule has 1 aromatic heterocycles. The van der Waals surface area contributed by atoms with Crippen LogP contribution in [0, 0.1) is 0 Å². The van der Waals surface area contributed by atoms with Gasteiger partial charge in [-0.25, -0.2) is 22.9 Å². The molecule has 8 nitrogen and oxygen atoms in total. The van der Waals surface area contributed by atoms with Crippen LogP contribution in [0.25, 0.3) is 0 Å². The summed E-state index contributed by atoms with van der Waals surface area (Å²) in [7, 11) is -3.79. The molecule has 5 aromatic rings. The second-order valence-electron chi connectivity index (χ2n) is 13.3. The van der Waals surface area contributed by atoms with Crippen LogP contribution in [0.5, 0.6) is 0 Å². The lowest BCUT2D eigenvalue weighted by Gasteiger charge is -2.37. The van der Waals surface area contributed by atoms with Gasteiger partial charge in [-0.1, -0.05) is 115 Å². The van der Waals surface area contributed by atoms with E-state index < -0.39 is 33.4 Å². The quantitative estimate of drug-likeness (QED) is 0.0664. The van der Waals surface area contributed by atoms with E-state index in [2.05, 4.69) is 88.3 Å². The van der Waals surface area contributed by atoms with Crippen LogP contribution in [0.15, 0.2) is 128 Å². The summed E-state index contributed by atoms with van der Waals surface area (Å²) < 4.78 is 41.8. The topological polar surface area (TPSA) is 99.5 Å². The summed E-state index contributed by atoms with van der Waals surface area (Å²) in [5.74, 6) is -0.387. The summed E-state index contributed by atoms with van der Waals surface area (Å²) in [6, 6.07) is 38.1. The fourth-order valence-corrected chi connectivity index (χ4v) is 7.38. The van der Waals surface area contributed by atoms with E-state index in [4.69, 9.17) is 26.1 Å². The van der Waals surface area contributed by atoms with E-state index in [0.29, 0.717) is 30.7 Å². The van der Waals surface area contributed by atoms with Crippen molar-refractivity contribution < 1.29 is 22.7 Å². The molecule has 0 saturated carbocycles. The summed E-state index contributed by atoms with van der Waals surface area (Å²) in [6.07, 6.45) is 4.49. The van der Waals surface area contributed by atoms with Crippen molar-refractivity contribution in [1.82, 2.24) is 14.3 Å². The number of aryl methyl sites for hydroxylation is 1. The van der Waals surface area contributed by atoms with Gasteiger partial charge in [0.15, 0.2) is 0 Å². The Hall–Kier alpha value is -4.44. The third-order valence-corrected chi connectivity index (χ3v) is 9.92. The Morgan fingerprint density at radius 3 is 1.88 bits per heavy atom. The van der Waals surface area contributed by atoms with E-state index >= 15 is 0 Å². The number of benzene rings is 4. The highest BCUT2D eigenvalue weighted by Crippen LogP contribution is 2.40. The highest BCUT2D eigenvalue weighted by atomic mass is 35.5. The summed E-state index contributed by atoms with van der Waals surface area (Å²) in [5, 5.41) is 0.567. The number of sulfonamides is 1. The molecule has 0 bridgehead atoms. The number of nitrogens with zero attached hydrogens (tertiary/aromatic N) is 2. The van der Waals surface area contributed by atoms with Crippen molar-refractivity contribution in [3.63, 3.8) is 0 Å². The number of unbranched alkanes of at least 4 members (excludes halogenated alkanes) is 1. The molecule has 1 unspecified atom stereocenters. The van der Waals surface area contributed by atoms with E-state index in [9.17, 15) is 13.2 Å². The monoisotopic (exact) mass is 713 g/mol. The SMILES string of the molecule is CC(C)(C)OC(=O)OC(CCCCc1cn(C(c2ccccc2)(c2ccccc2)c2ccccc2)cn1)CS(=O)(=O)NCc1ccc(Cl)cc1. The minimum Gasteiger partial charge on any atom is -0.430 e. The molecule has 1 atom stereocenters. The van der Waals surface area contributed by atoms with Crippen molar-refractivity contribution in [3.8, 4) is 0 Å². The van der Waals surface area contributed by atoms with Gasteiger partial charge in [0.1, 0.15) is 23.0 Å². The molecule has 0 aliphatic rings. The second-order valence-corrected chi connectivity index (χ2v) is 15.5. The summed E-state index contributed by atoms with van der Waals surface area (Å²) in [4.78, 5) is 17.4. The van der Waals surface area contributed by atoms with Gasteiger partial charge in [-0.2, -0.15) is 0 Å². The number of halogens is 1. The summed E-state index contributed by atoms with van der Waals surface area (Å²) >= 11 is 5.96. The average molecular weight is 714 g/mol. The predicted octanol–water partition coefficient (Wildman–Crippen LogP) is 8.53. The van der Waals surface area contributed by atoms with Crippen molar-refractivity contribution >= 4 is 27.8 Å². The van der Waals surface area contributed by atoms with Crippen LogP contribution in [-0.4, -0.2) is 41.6 Å². The van der Waals surface area contributed by atoms with Crippen LogP contribution < -0.4 is 4.72 Å². The molecule has 1 heterocycles. The Kier molecular flexibility index (Phi) is 12.2. The zero-order chi connectivity index (χ0) is 35.6. The molecule has 10 heteroatoms. The van der Waals surface area contributed by atoms with Crippen molar-refractivity contribution in [2.45, 2.75) is 70.2 Å². The van der Waals surface area contributed by atoms with Gasteiger partial charge in [0.05, 0.1) is 12.0 Å². The van der Waals surface area contributed by atoms with Gasteiger partial charge in [0.25, 0.3) is 0 Å². The molecule has 0 saturated heterocycles. The van der Waals surface area contributed by atoms with Gasteiger partial charge in [0, 0.05) is 17.8 Å². The molecule has 0 spiro atoms. The third-order valence-electron chi connectivity index (χ3n) is 8.27. The van der Waals surface area contributed by atoms with E-state index in [1.807, 2.05) is 24.5 Å². The van der Waals surface area contributed by atoms with Crippen molar-refractivity contribution in [1.29, 1.82) is 0 Å². The first kappa shape index (κ1) is 36.8. The highest BCUT2D eigenvalue weighted by molar-refractivity contribution is 7.89. The minimum absolute atomic E-state index is 0.0950. The molecule has 4 aromatic carbocycles. The van der Waals surface area contributed by atoms with Gasteiger partial charge < -0.3 is 14.0 Å². The molecule has 0 aliphatic carbocycles. The number of nitrogens with one attached hydrogen (secondary N) is 1. The first-order chi connectivity index (χ1) is 23.9. The average Bonchev–Trinajstić information content (AvgIpc) is 3.56. The number of carbonyl (C=O) groups excluding carboxylic acids is 1. The van der Waals surface area contributed by atoms with E-state index in [1.165, 1.54) is 0 Å². The Morgan fingerprint density at radius 2 is 1.36 bits per heavy atom. The molecule has 1 N–H and O–H groups in total. The van der Waals surface area contributed by atoms with E-state index in [1.54, 1.807) is 45.0 Å². The summed E-state index contributed by atoms with van der Waals surface area (Å²) in [6.45, 7) is 5.29. The zero-order valence-corrected chi connectivity index (χ0v) is 30.2. The molecule has 50 heavy (non-hydrogen) atoms. The van der Waals surface area contributed by atoms with Gasteiger partial charge in [0.2, 0.25) is 10.0 Å². The molecule has 0 fully saturated rings. The number of hydrogen-bond acceptors (Lipinski definition) is 6. The van der Waals surface area contributed by atoms with Crippen LogP contribution in [0.3, 0.4) is 0 Å². The fraction of sp³-hybridized carbons (Fsp3) is 0.300. The second kappa shape index (κ2) is 16.5. The molecule has 5 rings (SSSR count). The van der Waals surface area contributed by atoms with Crippen molar-refractivity contribution in [2.24, 2.45) is 0 Å². The molecule has 0 radical (unpaired) electrons. The van der Waals surface area contributed by atoms with Crippen LogP contribution in [0.1, 0.15) is 68.0 Å². The smallest absolute Gasteiger partial charge is 0.430 e. The van der Waals surface area contributed by atoms with Gasteiger partial charge in [-0.15, -0.1) is 0 Å². The first-order valence-corrected chi connectivity index (χ1v) is 18.8. The van der Waals surface area contributed by atoms with Crippen molar-refractivity contribution in [2.75, 3.05) is 5.75 Å². The number of carbonyl (C=O) groups is 1. The maximum Gasteiger partial charge on any atom is 0.509 e. The first-order valence-electron chi connectivity index (χ1n) is 16.8. The number of imidazole rings is 1. The number of hydrogen-bond donors (Lipinski definition) is 1. The van der Waals surface area contributed by atoms with Crippen molar-refractivity contribution in [3.05, 3.63) is 161 Å². The third kappa shape index (κ3) is 9.84. The maximum atomic E-state index is 13.1. The standard InChI is InChI=1S/C40H44ClN3O5S/c1-39(2,3)49-38(45)48-37(29-50(46,47)43-27-31-23-25-35(41)26-24-31)22-14-13-21-36-28-44(30-42-36)40(32-15-7-4-8-16-32,33-17-9-5-10-18-33)34-19-11-6-12-20-34/h4-12,15-20,23-26,28,30,37,43H,13-14,21-22,27,29H2,1-3H3. The molecular weight excluding hydrogens is 670 g/mol. The predicted molar refractivity (Wildman–Crippen MR) is 198 cm³/mol. The number of rotatable bonds is 15. The van der Waals surface area contributed by atoms with E-state index in [0.717, 1.165) is 27.9 Å². The maximum absolute atomic E-state index is 13.1. The van der Waals surface area contributed by atoms with Crippen LogP contribution in [0.2, 0.25) is 5.02 Å². The molecule has 262 valence electrons. The largest absolute Gasteiger partial charge is 0.509 e. The fourth-order valence-electron chi connectivity index (χ4n) is 6.03. The Bertz CT molecular complexity index is 1810. The lowest BCUT2D eigenvalue weighted by molar-refractivity contribution is -0.0242. The molecule has 0 aliphatic heterocycles. The normalized spacial score (nSPS) is 12.7. The Morgan fingerprint density at radius 1 is 0.820 bits per heavy atom. The number of ether oxygens (including phenoxy) is 2. The minimum atomic E-state index is -3.79. The number of aromatic nitrogens is 2. The Labute approximate surface area is 300 Å². The van der Waals surface area contributed by atoms with Gasteiger partial charge in [-0.05, 0) is 80.8 Å². The molecular formula is C40H44ClN3O5S. The van der Waals surface area contributed by atoms with Crippen LogP contribution in [0.4, 0.5) is 4.79 Å². The summed E-state index contributed by atoms with van der Waals surface area (Å²) in [5.41, 5.74) is 3.55. The lowest BCUT2D eigenvalue weighted by atomic mass is 9.77. The lowest BCUT2D eigenvalue weighted by Crippen LogP contribution is -2.36. The van der Waals surface area contributed by atoms with E-state index in [-0.39, 0.29) is 12.3 Å². The van der Waals surface area contributed by atoms with Gasteiger partial charge >= 0.3 is 6.16 Å². The zero-order valence-electron chi connectivity index (χ0n) is 28.7. The highest BCUT2D eigenvalue weighted by Gasteiger charge is 2.38.